The van der Waals surface area contributed by atoms with Gasteiger partial charge in [-0.1, -0.05) is 0 Å². The average Bonchev–Trinajstić information content (AvgIpc) is 2.59. The molecule has 2 heterocycles. The highest BCUT2D eigenvalue weighted by Crippen LogP contribution is 2.14. The van der Waals surface area contributed by atoms with Crippen molar-refractivity contribution in [3.05, 3.63) is 23.9 Å². The van der Waals surface area contributed by atoms with Crippen LogP contribution in [0.1, 0.15) is 18.9 Å². The number of anilines is 1. The van der Waals surface area contributed by atoms with Crippen LogP contribution in [0.2, 0.25) is 0 Å². The van der Waals surface area contributed by atoms with Crippen molar-refractivity contribution in [3.63, 3.8) is 0 Å². The number of rotatable bonds is 4. The molecule has 0 amide bonds. The molecule has 1 aromatic heterocycles. The van der Waals surface area contributed by atoms with Gasteiger partial charge in [0.05, 0.1) is 0 Å². The Morgan fingerprint density at radius 1 is 1.41 bits per heavy atom. The van der Waals surface area contributed by atoms with E-state index >= 15 is 0 Å². The first-order chi connectivity index (χ1) is 8.38. The highest BCUT2D eigenvalue weighted by Gasteiger charge is 2.09. The van der Waals surface area contributed by atoms with Gasteiger partial charge in [-0.25, -0.2) is 4.98 Å². The van der Waals surface area contributed by atoms with Crippen LogP contribution >= 0.6 is 11.8 Å². The Balaban J connectivity index is 1.94. The smallest absolute Gasteiger partial charge is 0.126 e. The van der Waals surface area contributed by atoms with Gasteiger partial charge >= 0.3 is 0 Å². The van der Waals surface area contributed by atoms with Crippen molar-refractivity contribution in [1.29, 1.82) is 0 Å². The zero-order chi connectivity index (χ0) is 11.9. The van der Waals surface area contributed by atoms with Crippen LogP contribution in [0.5, 0.6) is 0 Å². The van der Waals surface area contributed by atoms with Crippen LogP contribution in [0.3, 0.4) is 0 Å². The van der Waals surface area contributed by atoms with Crippen molar-refractivity contribution in [3.8, 4) is 0 Å². The van der Waals surface area contributed by atoms with Crippen LogP contribution in [0.25, 0.3) is 0 Å². The van der Waals surface area contributed by atoms with Gasteiger partial charge < -0.3 is 5.32 Å². The molecule has 1 saturated heterocycles. The molecule has 3 nitrogen and oxygen atoms in total. The molecule has 1 N–H and O–H groups in total. The summed E-state index contributed by atoms with van der Waals surface area (Å²) in [5, 5.41) is 3.26. The van der Waals surface area contributed by atoms with Crippen molar-refractivity contribution < 1.29 is 0 Å². The van der Waals surface area contributed by atoms with Crippen molar-refractivity contribution in [2.45, 2.75) is 19.9 Å². The van der Waals surface area contributed by atoms with E-state index in [0.717, 1.165) is 18.9 Å². The molecule has 0 saturated carbocycles. The maximum atomic E-state index is 4.31. The minimum Gasteiger partial charge on any atom is -0.370 e. The van der Waals surface area contributed by atoms with E-state index in [1.807, 2.05) is 6.20 Å². The van der Waals surface area contributed by atoms with Crippen LogP contribution in [-0.4, -0.2) is 41.0 Å². The number of nitrogens with one attached hydrogen (secondary N) is 1. The van der Waals surface area contributed by atoms with Gasteiger partial charge in [-0.3, -0.25) is 4.90 Å². The van der Waals surface area contributed by atoms with Crippen molar-refractivity contribution in [2.24, 2.45) is 0 Å². The fourth-order valence-corrected chi connectivity index (χ4v) is 2.99. The van der Waals surface area contributed by atoms with Gasteiger partial charge in [-0.2, -0.15) is 11.8 Å². The fourth-order valence-electron chi connectivity index (χ4n) is 2.06. The lowest BCUT2D eigenvalue weighted by molar-refractivity contribution is 0.287. The van der Waals surface area contributed by atoms with E-state index in [-0.39, 0.29) is 0 Å². The summed E-state index contributed by atoms with van der Waals surface area (Å²) in [6, 6.07) is 4.29. The molecule has 0 bridgehead atoms. The third-order valence-electron chi connectivity index (χ3n) is 2.90. The van der Waals surface area contributed by atoms with E-state index in [9.17, 15) is 0 Å². The average molecular weight is 251 g/mol. The normalized spacial score (nSPS) is 17.7. The monoisotopic (exact) mass is 251 g/mol. The largest absolute Gasteiger partial charge is 0.370 e. The summed E-state index contributed by atoms with van der Waals surface area (Å²) in [6.45, 7) is 6.52. The summed E-state index contributed by atoms with van der Waals surface area (Å²) < 4.78 is 0. The maximum absolute atomic E-state index is 4.31. The van der Waals surface area contributed by atoms with E-state index in [0.29, 0.717) is 0 Å². The molecular weight excluding hydrogens is 230 g/mol. The molecule has 1 aliphatic rings. The summed E-state index contributed by atoms with van der Waals surface area (Å²) >= 11 is 2.07. The van der Waals surface area contributed by atoms with Crippen LogP contribution in [-0.2, 0) is 6.54 Å². The maximum Gasteiger partial charge on any atom is 0.126 e. The Kier molecular flexibility index (Phi) is 5.13. The van der Waals surface area contributed by atoms with Gasteiger partial charge in [0.1, 0.15) is 5.82 Å². The summed E-state index contributed by atoms with van der Waals surface area (Å²) in [6.07, 6.45) is 3.22. The molecule has 1 aromatic rings. The molecule has 0 aliphatic carbocycles. The summed E-state index contributed by atoms with van der Waals surface area (Å²) in [4.78, 5) is 6.85. The third kappa shape index (κ3) is 4.21. The molecular formula is C13H21N3S. The lowest BCUT2D eigenvalue weighted by Gasteiger charge is -2.19. The lowest BCUT2D eigenvalue weighted by atomic mass is 10.2. The molecule has 0 aromatic carbocycles. The van der Waals surface area contributed by atoms with Crippen molar-refractivity contribution >= 4 is 17.6 Å². The Labute approximate surface area is 108 Å². The van der Waals surface area contributed by atoms with Gasteiger partial charge in [-0.15, -0.1) is 0 Å². The van der Waals surface area contributed by atoms with Gasteiger partial charge in [0.2, 0.25) is 0 Å². The Morgan fingerprint density at radius 2 is 2.35 bits per heavy atom. The first-order valence-electron chi connectivity index (χ1n) is 6.37. The number of thioether (sulfide) groups is 1. The van der Waals surface area contributed by atoms with Crippen LogP contribution in [0.15, 0.2) is 18.3 Å². The third-order valence-corrected chi connectivity index (χ3v) is 3.95. The van der Waals surface area contributed by atoms with E-state index in [1.165, 1.54) is 36.6 Å². The number of hydrogen-bond donors (Lipinski definition) is 1. The zero-order valence-electron chi connectivity index (χ0n) is 10.5. The van der Waals surface area contributed by atoms with Gasteiger partial charge in [0, 0.05) is 31.6 Å². The first kappa shape index (κ1) is 12.7. The van der Waals surface area contributed by atoms with E-state index in [1.54, 1.807) is 0 Å². The highest BCUT2D eigenvalue weighted by molar-refractivity contribution is 7.99. The van der Waals surface area contributed by atoms with Crippen molar-refractivity contribution in [1.82, 2.24) is 9.88 Å². The molecule has 1 aliphatic heterocycles. The number of aromatic nitrogens is 1. The van der Waals surface area contributed by atoms with Crippen LogP contribution < -0.4 is 5.32 Å². The number of hydrogen-bond acceptors (Lipinski definition) is 4. The second-order valence-electron chi connectivity index (χ2n) is 4.32. The quantitative estimate of drug-likeness (QED) is 0.890. The fraction of sp³-hybridized carbons (Fsp3) is 0.615. The Morgan fingerprint density at radius 3 is 3.24 bits per heavy atom. The van der Waals surface area contributed by atoms with Crippen molar-refractivity contribution in [2.75, 3.05) is 36.5 Å². The lowest BCUT2D eigenvalue weighted by Crippen LogP contribution is -2.25. The molecule has 4 heteroatoms. The van der Waals surface area contributed by atoms with E-state index in [4.69, 9.17) is 0 Å². The second kappa shape index (κ2) is 6.87. The van der Waals surface area contributed by atoms with E-state index < -0.39 is 0 Å². The minimum absolute atomic E-state index is 0.927. The summed E-state index contributed by atoms with van der Waals surface area (Å²) in [5.74, 6) is 3.58. The number of pyridine rings is 1. The molecule has 2 rings (SSSR count). The van der Waals surface area contributed by atoms with Gasteiger partial charge in [0.15, 0.2) is 0 Å². The molecule has 17 heavy (non-hydrogen) atoms. The van der Waals surface area contributed by atoms with Gasteiger partial charge in [-0.05, 0) is 43.3 Å². The number of nitrogens with zero attached hydrogens (tertiary/aromatic N) is 2. The van der Waals surface area contributed by atoms with Crippen LogP contribution in [0.4, 0.5) is 5.82 Å². The van der Waals surface area contributed by atoms with Crippen LogP contribution in [0, 0.1) is 0 Å². The molecule has 0 spiro atoms. The Bertz CT molecular complexity index is 335. The second-order valence-corrected chi connectivity index (χ2v) is 5.55. The molecule has 0 atom stereocenters. The van der Waals surface area contributed by atoms with Gasteiger partial charge in [0.25, 0.3) is 0 Å². The minimum atomic E-state index is 0.927. The molecule has 94 valence electrons. The molecule has 0 radical (unpaired) electrons. The molecule has 1 fully saturated rings. The summed E-state index contributed by atoms with van der Waals surface area (Å²) in [7, 11) is 0. The molecule has 0 unspecified atom stereocenters. The Hall–Kier alpha value is -0.740. The highest BCUT2D eigenvalue weighted by atomic mass is 32.2. The predicted octanol–water partition coefficient (Wildman–Crippen LogP) is 2.45. The summed E-state index contributed by atoms with van der Waals surface area (Å²) in [5.41, 5.74) is 1.36. The SMILES string of the molecule is CCNc1cc(CN2CCCSCC2)ccn1. The standard InChI is InChI=1S/C13H21N3S/c1-2-14-13-10-12(4-5-15-13)11-16-6-3-8-17-9-7-16/h4-5,10H,2-3,6-9,11H2,1H3,(H,14,15). The first-order valence-corrected chi connectivity index (χ1v) is 7.53. The topological polar surface area (TPSA) is 28.2 Å². The van der Waals surface area contributed by atoms with E-state index in [2.05, 4.69) is 46.0 Å². The zero-order valence-corrected chi connectivity index (χ0v) is 11.3. The predicted molar refractivity (Wildman–Crippen MR) is 75.6 cm³/mol.